The quantitative estimate of drug-likeness (QED) is 0.848. The minimum Gasteiger partial charge on any atom is -0.394 e. The Kier molecular flexibility index (Phi) is 4.11. The zero-order chi connectivity index (χ0) is 13.2. The van der Waals surface area contributed by atoms with Crippen molar-refractivity contribution in [3.05, 3.63) is 29.6 Å². The van der Waals surface area contributed by atoms with E-state index in [0.29, 0.717) is 5.56 Å². The van der Waals surface area contributed by atoms with Crippen LogP contribution in [0.1, 0.15) is 32.4 Å². The molecule has 1 atom stereocenters. The molecule has 0 saturated heterocycles. The number of hydrogen-bond acceptors (Lipinski definition) is 3. The first-order chi connectivity index (χ1) is 7.79. The van der Waals surface area contributed by atoms with Gasteiger partial charge in [0, 0.05) is 18.3 Å². The summed E-state index contributed by atoms with van der Waals surface area (Å²) in [5.74, 6) is -0.375. The van der Waals surface area contributed by atoms with Crippen molar-refractivity contribution in [3.8, 4) is 0 Å². The summed E-state index contributed by atoms with van der Waals surface area (Å²) in [6.45, 7) is 5.32. The highest BCUT2D eigenvalue weighted by Gasteiger charge is 2.25. The highest BCUT2D eigenvalue weighted by Crippen LogP contribution is 2.30. The Morgan fingerprint density at radius 1 is 1.41 bits per heavy atom. The molecule has 96 valence electrons. The summed E-state index contributed by atoms with van der Waals surface area (Å²) in [4.78, 5) is 1.84. The lowest BCUT2D eigenvalue weighted by Gasteiger charge is -2.37. The lowest BCUT2D eigenvalue weighted by Crippen LogP contribution is -2.44. The summed E-state index contributed by atoms with van der Waals surface area (Å²) >= 11 is 0. The molecule has 0 bridgehead atoms. The SMILES string of the molecule is C[C@@H](O)c1cc(F)ccc1N(C)C(C)(C)CO. The van der Waals surface area contributed by atoms with Gasteiger partial charge in [-0.3, -0.25) is 0 Å². The number of likely N-dealkylation sites (N-methyl/N-ethyl adjacent to an activating group) is 1. The van der Waals surface area contributed by atoms with Gasteiger partial charge in [0.25, 0.3) is 0 Å². The van der Waals surface area contributed by atoms with Crippen LogP contribution in [-0.4, -0.2) is 29.4 Å². The van der Waals surface area contributed by atoms with Gasteiger partial charge in [-0.1, -0.05) is 0 Å². The standard InChI is InChI=1S/C13H20FNO2/c1-9(17)11-7-10(14)5-6-12(11)15(4)13(2,3)8-16/h5-7,9,16-17H,8H2,1-4H3/t9-/m1/s1. The summed E-state index contributed by atoms with van der Waals surface area (Å²) in [5, 5.41) is 19.0. The van der Waals surface area contributed by atoms with Crippen molar-refractivity contribution in [2.75, 3.05) is 18.6 Å². The van der Waals surface area contributed by atoms with Crippen molar-refractivity contribution < 1.29 is 14.6 Å². The minimum absolute atomic E-state index is 0.0277. The lowest BCUT2D eigenvalue weighted by molar-refractivity contribution is 0.196. The predicted octanol–water partition coefficient (Wildman–Crippen LogP) is 2.09. The molecule has 0 unspecified atom stereocenters. The van der Waals surface area contributed by atoms with Gasteiger partial charge in [0.1, 0.15) is 5.82 Å². The predicted molar refractivity (Wildman–Crippen MR) is 66.6 cm³/mol. The van der Waals surface area contributed by atoms with Crippen LogP contribution in [0.3, 0.4) is 0 Å². The van der Waals surface area contributed by atoms with Gasteiger partial charge >= 0.3 is 0 Å². The van der Waals surface area contributed by atoms with Crippen LogP contribution in [0.25, 0.3) is 0 Å². The molecule has 0 fully saturated rings. The van der Waals surface area contributed by atoms with Crippen LogP contribution in [0.4, 0.5) is 10.1 Å². The zero-order valence-corrected chi connectivity index (χ0v) is 10.7. The normalized spacial score (nSPS) is 13.6. The summed E-state index contributed by atoms with van der Waals surface area (Å²) in [6.07, 6.45) is -0.752. The first-order valence-corrected chi connectivity index (χ1v) is 5.62. The maximum atomic E-state index is 13.2. The molecule has 0 saturated carbocycles. The highest BCUT2D eigenvalue weighted by molar-refractivity contribution is 5.56. The Bertz CT molecular complexity index is 391. The lowest BCUT2D eigenvalue weighted by atomic mass is 10.0. The molecule has 0 aliphatic carbocycles. The molecule has 0 heterocycles. The molecule has 0 amide bonds. The Labute approximate surface area is 101 Å². The number of rotatable bonds is 4. The molecule has 0 radical (unpaired) electrons. The molecule has 4 heteroatoms. The second-order valence-corrected chi connectivity index (χ2v) is 4.91. The van der Waals surface area contributed by atoms with Crippen molar-refractivity contribution >= 4 is 5.69 Å². The monoisotopic (exact) mass is 241 g/mol. The Morgan fingerprint density at radius 3 is 2.47 bits per heavy atom. The van der Waals surface area contributed by atoms with Crippen molar-refractivity contribution in [3.63, 3.8) is 0 Å². The number of hydrogen-bond donors (Lipinski definition) is 2. The smallest absolute Gasteiger partial charge is 0.123 e. The molecule has 3 nitrogen and oxygen atoms in total. The van der Waals surface area contributed by atoms with Gasteiger partial charge < -0.3 is 15.1 Å². The fraction of sp³-hybridized carbons (Fsp3) is 0.538. The Morgan fingerprint density at radius 2 is 2.00 bits per heavy atom. The number of nitrogens with zero attached hydrogens (tertiary/aromatic N) is 1. The average molecular weight is 241 g/mol. The van der Waals surface area contributed by atoms with Crippen LogP contribution in [0.2, 0.25) is 0 Å². The topological polar surface area (TPSA) is 43.7 Å². The maximum absolute atomic E-state index is 13.2. The summed E-state index contributed by atoms with van der Waals surface area (Å²) < 4.78 is 13.2. The molecule has 1 rings (SSSR count). The third-order valence-electron chi connectivity index (χ3n) is 3.10. The molecule has 1 aromatic carbocycles. The summed E-state index contributed by atoms with van der Waals surface area (Å²) in [7, 11) is 1.81. The third-order valence-corrected chi connectivity index (χ3v) is 3.10. The summed E-state index contributed by atoms with van der Waals surface area (Å²) in [5.41, 5.74) is 0.774. The number of aliphatic hydroxyl groups is 2. The van der Waals surface area contributed by atoms with Gasteiger partial charge in [0.15, 0.2) is 0 Å². The van der Waals surface area contributed by atoms with E-state index >= 15 is 0 Å². The minimum atomic E-state index is -0.752. The largest absolute Gasteiger partial charge is 0.394 e. The van der Waals surface area contributed by atoms with Crippen molar-refractivity contribution in [1.29, 1.82) is 0 Å². The number of anilines is 1. The molecule has 0 aliphatic rings. The molecule has 0 spiro atoms. The van der Waals surface area contributed by atoms with E-state index in [1.807, 2.05) is 25.8 Å². The Balaban J connectivity index is 3.22. The molecular formula is C13H20FNO2. The van der Waals surface area contributed by atoms with Crippen LogP contribution in [0, 0.1) is 5.82 Å². The van der Waals surface area contributed by atoms with Crippen molar-refractivity contribution in [2.24, 2.45) is 0 Å². The Hall–Kier alpha value is -1.13. The first-order valence-electron chi connectivity index (χ1n) is 5.62. The highest BCUT2D eigenvalue weighted by atomic mass is 19.1. The zero-order valence-electron chi connectivity index (χ0n) is 10.7. The van der Waals surface area contributed by atoms with Gasteiger partial charge in [0.05, 0.1) is 18.2 Å². The van der Waals surface area contributed by atoms with Crippen LogP contribution in [0.5, 0.6) is 0 Å². The number of aliphatic hydroxyl groups excluding tert-OH is 2. The molecule has 1 aromatic rings. The van der Waals surface area contributed by atoms with Gasteiger partial charge in [0.2, 0.25) is 0 Å². The van der Waals surface area contributed by atoms with E-state index in [1.165, 1.54) is 12.1 Å². The van der Waals surface area contributed by atoms with Gasteiger partial charge in [-0.2, -0.15) is 0 Å². The van der Waals surface area contributed by atoms with Gasteiger partial charge in [-0.15, -0.1) is 0 Å². The third kappa shape index (κ3) is 2.96. The van der Waals surface area contributed by atoms with Crippen molar-refractivity contribution in [1.82, 2.24) is 0 Å². The van der Waals surface area contributed by atoms with Crippen LogP contribution in [0.15, 0.2) is 18.2 Å². The first kappa shape index (κ1) is 13.9. The van der Waals surface area contributed by atoms with E-state index < -0.39 is 11.6 Å². The van der Waals surface area contributed by atoms with Crippen molar-refractivity contribution in [2.45, 2.75) is 32.4 Å². The molecule has 17 heavy (non-hydrogen) atoms. The van der Waals surface area contributed by atoms with E-state index in [4.69, 9.17) is 0 Å². The van der Waals surface area contributed by atoms with Crippen LogP contribution >= 0.6 is 0 Å². The van der Waals surface area contributed by atoms with E-state index in [0.717, 1.165) is 5.69 Å². The van der Waals surface area contributed by atoms with E-state index in [9.17, 15) is 14.6 Å². The number of halogens is 1. The molecular weight excluding hydrogens is 221 g/mol. The molecule has 0 aromatic heterocycles. The maximum Gasteiger partial charge on any atom is 0.123 e. The van der Waals surface area contributed by atoms with E-state index in [2.05, 4.69) is 0 Å². The second kappa shape index (κ2) is 5.02. The van der Waals surface area contributed by atoms with E-state index in [-0.39, 0.29) is 12.4 Å². The second-order valence-electron chi connectivity index (χ2n) is 4.91. The number of benzene rings is 1. The fourth-order valence-corrected chi connectivity index (χ4v) is 1.60. The fourth-order valence-electron chi connectivity index (χ4n) is 1.60. The van der Waals surface area contributed by atoms with Crippen LogP contribution < -0.4 is 4.90 Å². The van der Waals surface area contributed by atoms with Gasteiger partial charge in [-0.25, -0.2) is 4.39 Å². The molecule has 2 N–H and O–H groups in total. The average Bonchev–Trinajstić information content (AvgIpc) is 2.28. The molecule has 0 aliphatic heterocycles. The van der Waals surface area contributed by atoms with Gasteiger partial charge in [-0.05, 0) is 39.0 Å². The summed E-state index contributed by atoms with van der Waals surface area (Å²) in [6, 6.07) is 4.30. The van der Waals surface area contributed by atoms with E-state index in [1.54, 1.807) is 13.0 Å². The van der Waals surface area contributed by atoms with Crippen LogP contribution in [-0.2, 0) is 0 Å².